The topological polar surface area (TPSA) is 54.4 Å². The molecule has 4 unspecified atom stereocenters. The summed E-state index contributed by atoms with van der Waals surface area (Å²) in [5.74, 6) is 1.05. The van der Waals surface area contributed by atoms with E-state index in [0.29, 0.717) is 12.3 Å². The Hall–Kier alpha value is -0.870. The van der Waals surface area contributed by atoms with E-state index >= 15 is 0 Å². The first-order chi connectivity index (χ1) is 8.57. The van der Waals surface area contributed by atoms with Gasteiger partial charge in [-0.25, -0.2) is 8.42 Å². The van der Waals surface area contributed by atoms with Crippen molar-refractivity contribution in [2.45, 2.75) is 24.9 Å². The Kier molecular flexibility index (Phi) is 2.94. The minimum atomic E-state index is -2.89. The summed E-state index contributed by atoms with van der Waals surface area (Å²) in [7, 11) is -2.89. The summed E-state index contributed by atoms with van der Waals surface area (Å²) in [6, 6.07) is 10.2. The number of aliphatic hydroxyl groups excluding tert-OH is 1. The molecule has 1 saturated heterocycles. The molecule has 0 amide bonds. The van der Waals surface area contributed by atoms with Gasteiger partial charge in [0.25, 0.3) is 0 Å². The lowest BCUT2D eigenvalue weighted by molar-refractivity contribution is 0.0960. The Balaban J connectivity index is 1.65. The molecule has 98 valence electrons. The Morgan fingerprint density at radius 3 is 2.56 bits per heavy atom. The summed E-state index contributed by atoms with van der Waals surface area (Å²) in [6.45, 7) is 0. The molecule has 1 N–H and O–H groups in total. The third-order valence-electron chi connectivity index (χ3n) is 4.26. The third kappa shape index (κ3) is 2.31. The van der Waals surface area contributed by atoms with Crippen molar-refractivity contribution >= 4 is 9.84 Å². The predicted octanol–water partition coefficient (Wildman–Crippen LogP) is 1.59. The van der Waals surface area contributed by atoms with Gasteiger partial charge < -0.3 is 5.11 Å². The molecule has 3 rings (SSSR count). The smallest absolute Gasteiger partial charge is 0.150 e. The lowest BCUT2D eigenvalue weighted by atomic mass is 9.95. The normalized spacial score (nSPS) is 35.3. The van der Waals surface area contributed by atoms with Crippen molar-refractivity contribution in [1.82, 2.24) is 0 Å². The summed E-state index contributed by atoms with van der Waals surface area (Å²) >= 11 is 0. The average molecular weight is 266 g/mol. The first-order valence-electron chi connectivity index (χ1n) is 6.50. The second kappa shape index (κ2) is 4.35. The van der Waals surface area contributed by atoms with Gasteiger partial charge in [-0.2, -0.15) is 0 Å². The van der Waals surface area contributed by atoms with E-state index < -0.39 is 15.9 Å². The van der Waals surface area contributed by atoms with Crippen LogP contribution in [0.15, 0.2) is 30.3 Å². The first-order valence-corrected chi connectivity index (χ1v) is 8.32. The Bertz CT molecular complexity index is 523. The van der Waals surface area contributed by atoms with Crippen molar-refractivity contribution in [3.63, 3.8) is 0 Å². The molecule has 0 spiro atoms. The zero-order valence-electron chi connectivity index (χ0n) is 10.2. The van der Waals surface area contributed by atoms with Crippen molar-refractivity contribution in [1.29, 1.82) is 0 Å². The lowest BCUT2D eigenvalue weighted by Crippen LogP contribution is -2.24. The summed E-state index contributed by atoms with van der Waals surface area (Å²) in [5.41, 5.74) is 1.27. The van der Waals surface area contributed by atoms with Crippen LogP contribution < -0.4 is 0 Å². The van der Waals surface area contributed by atoms with Crippen molar-refractivity contribution in [3.8, 4) is 0 Å². The van der Waals surface area contributed by atoms with Crippen LogP contribution in [0, 0.1) is 11.8 Å². The number of hydrogen-bond donors (Lipinski definition) is 1. The van der Waals surface area contributed by atoms with Crippen molar-refractivity contribution in [2.24, 2.45) is 11.8 Å². The van der Waals surface area contributed by atoms with Gasteiger partial charge in [-0.3, -0.25) is 0 Å². The van der Waals surface area contributed by atoms with E-state index in [1.54, 1.807) is 0 Å². The van der Waals surface area contributed by atoms with Crippen LogP contribution in [0.2, 0.25) is 0 Å². The molecular formula is C14H18O3S. The lowest BCUT2D eigenvalue weighted by Gasteiger charge is -2.16. The molecule has 2 aliphatic rings. The average Bonchev–Trinajstić information content (AvgIpc) is 3.08. The molecule has 4 heteroatoms. The van der Waals surface area contributed by atoms with E-state index in [4.69, 9.17) is 0 Å². The van der Waals surface area contributed by atoms with Gasteiger partial charge in [0.05, 0.1) is 17.6 Å². The SMILES string of the molecule is O=S1(=O)CCC(C(O)C2CC2c2ccccc2)C1. The minimum Gasteiger partial charge on any atom is -0.392 e. The Morgan fingerprint density at radius 2 is 1.94 bits per heavy atom. The standard InChI is InChI=1S/C14H18O3S/c15-14(11-6-7-18(16,17)9-11)13-8-12(13)10-4-2-1-3-5-10/h1-5,11-15H,6-9H2. The number of benzene rings is 1. The van der Waals surface area contributed by atoms with Crippen LogP contribution >= 0.6 is 0 Å². The highest BCUT2D eigenvalue weighted by molar-refractivity contribution is 7.91. The van der Waals surface area contributed by atoms with Gasteiger partial charge in [0.2, 0.25) is 0 Å². The number of hydrogen-bond acceptors (Lipinski definition) is 3. The van der Waals surface area contributed by atoms with Gasteiger partial charge in [0, 0.05) is 0 Å². The van der Waals surface area contributed by atoms with Crippen LogP contribution in [-0.4, -0.2) is 31.1 Å². The summed E-state index contributed by atoms with van der Waals surface area (Å²) in [4.78, 5) is 0. The molecule has 2 fully saturated rings. The molecule has 1 aliphatic carbocycles. The van der Waals surface area contributed by atoms with Crippen LogP contribution in [-0.2, 0) is 9.84 Å². The van der Waals surface area contributed by atoms with Crippen LogP contribution in [0.25, 0.3) is 0 Å². The fraction of sp³-hybridized carbons (Fsp3) is 0.571. The molecule has 18 heavy (non-hydrogen) atoms. The molecule has 1 aromatic rings. The minimum absolute atomic E-state index is 0.0475. The van der Waals surface area contributed by atoms with E-state index in [-0.39, 0.29) is 23.3 Å². The molecule has 1 aliphatic heterocycles. The summed E-state index contributed by atoms with van der Waals surface area (Å²) in [6.07, 6.45) is 1.16. The third-order valence-corrected chi connectivity index (χ3v) is 6.05. The van der Waals surface area contributed by atoms with Gasteiger partial charge in [0.15, 0.2) is 9.84 Å². The molecule has 0 radical (unpaired) electrons. The molecule has 3 nitrogen and oxygen atoms in total. The monoisotopic (exact) mass is 266 g/mol. The van der Waals surface area contributed by atoms with Gasteiger partial charge in [-0.05, 0) is 36.2 Å². The number of rotatable bonds is 3. The molecule has 1 aromatic carbocycles. The number of sulfone groups is 1. The fourth-order valence-corrected chi connectivity index (χ4v) is 4.96. The van der Waals surface area contributed by atoms with E-state index in [1.807, 2.05) is 18.2 Å². The fourth-order valence-electron chi connectivity index (χ4n) is 3.12. The Labute approximate surface area is 108 Å². The maximum absolute atomic E-state index is 11.4. The van der Waals surface area contributed by atoms with E-state index in [1.165, 1.54) is 5.56 Å². The van der Waals surface area contributed by atoms with E-state index in [2.05, 4.69) is 12.1 Å². The highest BCUT2D eigenvalue weighted by atomic mass is 32.2. The van der Waals surface area contributed by atoms with Crippen LogP contribution in [0.4, 0.5) is 0 Å². The Morgan fingerprint density at radius 1 is 1.22 bits per heavy atom. The first kappa shape index (κ1) is 12.2. The molecule has 1 heterocycles. The summed E-state index contributed by atoms with van der Waals surface area (Å²) < 4.78 is 22.9. The van der Waals surface area contributed by atoms with Gasteiger partial charge in [-0.1, -0.05) is 30.3 Å². The quantitative estimate of drug-likeness (QED) is 0.904. The molecular weight excluding hydrogens is 248 g/mol. The largest absolute Gasteiger partial charge is 0.392 e. The molecule has 0 bridgehead atoms. The van der Waals surface area contributed by atoms with Gasteiger partial charge in [-0.15, -0.1) is 0 Å². The van der Waals surface area contributed by atoms with Crippen LogP contribution in [0.5, 0.6) is 0 Å². The van der Waals surface area contributed by atoms with Gasteiger partial charge in [0.1, 0.15) is 0 Å². The summed E-state index contributed by atoms with van der Waals surface area (Å²) in [5, 5.41) is 10.3. The van der Waals surface area contributed by atoms with E-state index in [0.717, 1.165) is 6.42 Å². The van der Waals surface area contributed by atoms with Crippen molar-refractivity contribution in [3.05, 3.63) is 35.9 Å². The zero-order chi connectivity index (χ0) is 12.8. The highest BCUT2D eigenvalue weighted by Crippen LogP contribution is 2.51. The van der Waals surface area contributed by atoms with Crippen LogP contribution in [0.1, 0.15) is 24.3 Å². The molecule has 1 saturated carbocycles. The van der Waals surface area contributed by atoms with Crippen LogP contribution in [0.3, 0.4) is 0 Å². The van der Waals surface area contributed by atoms with E-state index in [9.17, 15) is 13.5 Å². The molecule has 0 aromatic heterocycles. The number of aliphatic hydroxyl groups is 1. The van der Waals surface area contributed by atoms with Crippen molar-refractivity contribution in [2.75, 3.05) is 11.5 Å². The predicted molar refractivity (Wildman–Crippen MR) is 70.1 cm³/mol. The maximum Gasteiger partial charge on any atom is 0.150 e. The highest BCUT2D eigenvalue weighted by Gasteiger charge is 2.47. The van der Waals surface area contributed by atoms with Crippen molar-refractivity contribution < 1.29 is 13.5 Å². The zero-order valence-corrected chi connectivity index (χ0v) is 11.0. The second-order valence-electron chi connectivity index (χ2n) is 5.57. The van der Waals surface area contributed by atoms with Gasteiger partial charge >= 0.3 is 0 Å². The maximum atomic E-state index is 11.4. The second-order valence-corrected chi connectivity index (χ2v) is 7.80. The molecule has 4 atom stereocenters.